The Kier molecular flexibility index (Phi) is 8.79. The van der Waals surface area contributed by atoms with Crippen molar-refractivity contribution in [3.05, 3.63) is 48.5 Å². The number of nitrogens with zero attached hydrogens (tertiary/aromatic N) is 2. The molecule has 22 heavy (non-hydrogen) atoms. The summed E-state index contributed by atoms with van der Waals surface area (Å²) in [5.41, 5.74) is 7.70. The van der Waals surface area contributed by atoms with Crippen molar-refractivity contribution in [2.24, 2.45) is 5.73 Å². The molecule has 0 spiro atoms. The van der Waals surface area contributed by atoms with Crippen molar-refractivity contribution >= 4 is 30.7 Å². The highest BCUT2D eigenvalue weighted by Crippen LogP contribution is 2.17. The number of carbonyl (C=O) groups is 1. The zero-order chi connectivity index (χ0) is 14.5. The summed E-state index contributed by atoms with van der Waals surface area (Å²) in [4.78, 5) is 15.8. The molecule has 3 N–H and O–H groups in total. The van der Waals surface area contributed by atoms with E-state index < -0.39 is 0 Å². The molecule has 5 nitrogen and oxygen atoms in total. The van der Waals surface area contributed by atoms with Gasteiger partial charge in [-0.15, -0.1) is 24.8 Å². The summed E-state index contributed by atoms with van der Waals surface area (Å²) in [5.74, 6) is -0.0273. The smallest absolute Gasteiger partial charge is 0.222 e. The largest absolute Gasteiger partial charge is 0.350 e. The molecule has 1 amide bonds. The van der Waals surface area contributed by atoms with Crippen molar-refractivity contribution < 1.29 is 4.79 Å². The third-order valence-electron chi connectivity index (χ3n) is 3.06. The number of nitrogens with two attached hydrogens (primary N) is 1. The SMILES string of the molecule is CC(N)CC(=O)NC(C)c1cccc(-n2ccnc2)c1.Cl.Cl. The van der Waals surface area contributed by atoms with E-state index in [1.807, 2.05) is 48.9 Å². The fourth-order valence-electron chi connectivity index (χ4n) is 2.04. The van der Waals surface area contributed by atoms with Crippen molar-refractivity contribution in [1.82, 2.24) is 14.9 Å². The van der Waals surface area contributed by atoms with Gasteiger partial charge in [-0.3, -0.25) is 4.79 Å². The van der Waals surface area contributed by atoms with Crippen LogP contribution in [0.4, 0.5) is 0 Å². The van der Waals surface area contributed by atoms with Crippen LogP contribution in [0.1, 0.15) is 31.9 Å². The summed E-state index contributed by atoms with van der Waals surface area (Å²) in [6.45, 7) is 3.79. The summed E-state index contributed by atoms with van der Waals surface area (Å²) < 4.78 is 1.93. The number of halogens is 2. The van der Waals surface area contributed by atoms with Crippen LogP contribution >= 0.6 is 24.8 Å². The van der Waals surface area contributed by atoms with Gasteiger partial charge in [0.25, 0.3) is 0 Å². The van der Waals surface area contributed by atoms with E-state index in [4.69, 9.17) is 5.73 Å². The molecule has 2 atom stereocenters. The van der Waals surface area contributed by atoms with Crippen LogP contribution in [-0.2, 0) is 4.79 Å². The topological polar surface area (TPSA) is 72.9 Å². The number of benzene rings is 1. The third kappa shape index (κ3) is 5.67. The van der Waals surface area contributed by atoms with Gasteiger partial charge < -0.3 is 15.6 Å². The van der Waals surface area contributed by atoms with Crippen LogP contribution in [0.3, 0.4) is 0 Å². The Morgan fingerprint density at radius 1 is 1.36 bits per heavy atom. The lowest BCUT2D eigenvalue weighted by Gasteiger charge is -2.16. The zero-order valence-electron chi connectivity index (χ0n) is 12.6. The maximum absolute atomic E-state index is 11.7. The number of carbonyl (C=O) groups excluding carboxylic acids is 1. The Bertz CT molecular complexity index is 573. The van der Waals surface area contributed by atoms with Crippen LogP contribution in [0.25, 0.3) is 5.69 Å². The lowest BCUT2D eigenvalue weighted by molar-refractivity contribution is -0.122. The van der Waals surface area contributed by atoms with E-state index >= 15 is 0 Å². The molecule has 1 aromatic heterocycles. The summed E-state index contributed by atoms with van der Waals surface area (Å²) in [7, 11) is 0. The van der Waals surface area contributed by atoms with Crippen LogP contribution < -0.4 is 11.1 Å². The molecular weight excluding hydrogens is 323 g/mol. The van der Waals surface area contributed by atoms with Crippen LogP contribution in [0, 0.1) is 0 Å². The van der Waals surface area contributed by atoms with E-state index in [0.717, 1.165) is 11.3 Å². The fourth-order valence-corrected chi connectivity index (χ4v) is 2.04. The van der Waals surface area contributed by atoms with Gasteiger partial charge in [-0.2, -0.15) is 0 Å². The van der Waals surface area contributed by atoms with Gasteiger partial charge in [0.2, 0.25) is 5.91 Å². The van der Waals surface area contributed by atoms with Crippen molar-refractivity contribution in [3.63, 3.8) is 0 Å². The highest BCUT2D eigenvalue weighted by molar-refractivity contribution is 5.85. The van der Waals surface area contributed by atoms with Gasteiger partial charge in [0.1, 0.15) is 0 Å². The van der Waals surface area contributed by atoms with E-state index in [1.54, 1.807) is 12.5 Å². The molecule has 2 aromatic rings. The zero-order valence-corrected chi connectivity index (χ0v) is 14.2. The van der Waals surface area contributed by atoms with E-state index in [2.05, 4.69) is 10.3 Å². The molecule has 122 valence electrons. The Labute approximate surface area is 143 Å². The molecule has 0 bridgehead atoms. The quantitative estimate of drug-likeness (QED) is 0.875. The summed E-state index contributed by atoms with van der Waals surface area (Å²) in [6, 6.07) is 7.83. The van der Waals surface area contributed by atoms with E-state index in [9.17, 15) is 4.79 Å². The number of hydrogen-bond donors (Lipinski definition) is 2. The van der Waals surface area contributed by atoms with E-state index in [0.29, 0.717) is 6.42 Å². The Hall–Kier alpha value is -1.56. The minimum absolute atomic E-state index is 0. The van der Waals surface area contributed by atoms with Crippen molar-refractivity contribution in [2.75, 3.05) is 0 Å². The average Bonchev–Trinajstić information content (AvgIpc) is 2.91. The van der Waals surface area contributed by atoms with E-state index in [1.165, 1.54) is 0 Å². The molecule has 0 radical (unpaired) electrons. The highest BCUT2D eigenvalue weighted by atomic mass is 35.5. The molecule has 0 saturated carbocycles. The molecule has 0 aliphatic rings. The minimum Gasteiger partial charge on any atom is -0.350 e. The Morgan fingerprint density at radius 3 is 2.68 bits per heavy atom. The number of rotatable bonds is 5. The molecular formula is C15H22Cl2N4O. The van der Waals surface area contributed by atoms with Crippen LogP contribution in [0.2, 0.25) is 0 Å². The van der Waals surface area contributed by atoms with E-state index in [-0.39, 0.29) is 42.8 Å². The second kappa shape index (κ2) is 9.46. The molecule has 2 unspecified atom stereocenters. The van der Waals surface area contributed by atoms with Crippen LogP contribution in [0.5, 0.6) is 0 Å². The van der Waals surface area contributed by atoms with Gasteiger partial charge in [0, 0.05) is 30.5 Å². The average molecular weight is 345 g/mol. The van der Waals surface area contributed by atoms with Gasteiger partial charge in [-0.05, 0) is 31.5 Å². The predicted molar refractivity (Wildman–Crippen MR) is 92.9 cm³/mol. The van der Waals surface area contributed by atoms with Gasteiger partial charge >= 0.3 is 0 Å². The fraction of sp³-hybridized carbons (Fsp3) is 0.333. The van der Waals surface area contributed by atoms with Crippen LogP contribution in [-0.4, -0.2) is 21.5 Å². The first-order valence-electron chi connectivity index (χ1n) is 6.69. The molecule has 0 saturated heterocycles. The standard InChI is InChI=1S/C15H20N4O.2ClH/c1-11(16)8-15(20)18-12(2)13-4-3-5-14(9-13)19-7-6-17-10-19;;/h3-7,9-12H,8,16H2,1-2H3,(H,18,20);2*1H. The second-order valence-electron chi connectivity index (χ2n) is 5.04. The number of imidazole rings is 1. The lowest BCUT2D eigenvalue weighted by atomic mass is 10.1. The van der Waals surface area contributed by atoms with Crippen molar-refractivity contribution in [1.29, 1.82) is 0 Å². The summed E-state index contributed by atoms with van der Waals surface area (Å²) >= 11 is 0. The lowest BCUT2D eigenvalue weighted by Crippen LogP contribution is -2.31. The number of hydrogen-bond acceptors (Lipinski definition) is 3. The predicted octanol–water partition coefficient (Wildman–Crippen LogP) is 2.63. The second-order valence-corrected chi connectivity index (χ2v) is 5.04. The first-order valence-corrected chi connectivity index (χ1v) is 6.69. The third-order valence-corrected chi connectivity index (χ3v) is 3.06. The summed E-state index contributed by atoms with van der Waals surface area (Å²) in [6.07, 6.45) is 5.71. The Morgan fingerprint density at radius 2 is 2.09 bits per heavy atom. The van der Waals surface area contributed by atoms with Gasteiger partial charge in [-0.1, -0.05) is 12.1 Å². The molecule has 0 aliphatic heterocycles. The molecule has 1 aromatic carbocycles. The molecule has 0 aliphatic carbocycles. The monoisotopic (exact) mass is 344 g/mol. The molecule has 0 fully saturated rings. The van der Waals surface area contributed by atoms with Crippen molar-refractivity contribution in [3.8, 4) is 5.69 Å². The van der Waals surface area contributed by atoms with Crippen molar-refractivity contribution in [2.45, 2.75) is 32.4 Å². The Balaban J connectivity index is 0.00000220. The van der Waals surface area contributed by atoms with Gasteiger partial charge in [-0.25, -0.2) is 4.98 Å². The molecule has 2 rings (SSSR count). The number of amides is 1. The van der Waals surface area contributed by atoms with Gasteiger partial charge in [0.15, 0.2) is 0 Å². The first kappa shape index (κ1) is 20.4. The normalized spacial score (nSPS) is 12.5. The molecule has 7 heteroatoms. The first-order chi connectivity index (χ1) is 9.56. The highest BCUT2D eigenvalue weighted by Gasteiger charge is 2.11. The molecule has 1 heterocycles. The minimum atomic E-state index is -0.125. The maximum atomic E-state index is 11.7. The summed E-state index contributed by atoms with van der Waals surface area (Å²) in [5, 5.41) is 2.96. The van der Waals surface area contributed by atoms with Crippen LogP contribution in [0.15, 0.2) is 43.0 Å². The number of nitrogens with one attached hydrogen (secondary N) is 1. The number of aromatic nitrogens is 2. The maximum Gasteiger partial charge on any atom is 0.222 e. The van der Waals surface area contributed by atoms with Gasteiger partial charge in [0.05, 0.1) is 12.4 Å².